The number of hydrogen-bond acceptors (Lipinski definition) is 2. The predicted molar refractivity (Wildman–Crippen MR) is 50.7 cm³/mol. The molecule has 0 fully saturated rings. The number of carbonyl (C=O) groups is 1. The van der Waals surface area contributed by atoms with E-state index in [0.717, 1.165) is 0 Å². The van der Waals surface area contributed by atoms with Crippen LogP contribution in [0.15, 0.2) is 0 Å². The number of carbonyl (C=O) groups excluding carboxylic acids is 1. The molecule has 0 saturated carbocycles. The summed E-state index contributed by atoms with van der Waals surface area (Å²) in [6, 6.07) is 0. The van der Waals surface area contributed by atoms with Crippen LogP contribution < -0.4 is 5.73 Å². The Balaban J connectivity index is 4.00. The van der Waals surface area contributed by atoms with Gasteiger partial charge in [0.2, 0.25) is 5.91 Å². The Labute approximate surface area is 74.9 Å². The molecule has 0 aliphatic carbocycles. The molecule has 0 radical (unpaired) electrons. The SMILES string of the molecule is CC(C)C(C)C(=O)N(C)CCN. The number of nitrogens with two attached hydrogens (primary N) is 1. The normalized spacial score (nSPS) is 13.2. The van der Waals surface area contributed by atoms with Crippen molar-refractivity contribution >= 4 is 5.91 Å². The van der Waals surface area contributed by atoms with E-state index in [-0.39, 0.29) is 11.8 Å². The second-order valence-electron chi connectivity index (χ2n) is 3.58. The lowest BCUT2D eigenvalue weighted by Gasteiger charge is -2.22. The van der Waals surface area contributed by atoms with Crippen LogP contribution in [-0.2, 0) is 4.79 Å². The number of amides is 1. The van der Waals surface area contributed by atoms with Crippen molar-refractivity contribution in [3.63, 3.8) is 0 Å². The predicted octanol–water partition coefficient (Wildman–Crippen LogP) is 0.696. The van der Waals surface area contributed by atoms with E-state index in [9.17, 15) is 4.79 Å². The molecule has 0 aromatic carbocycles. The van der Waals surface area contributed by atoms with Gasteiger partial charge in [-0.15, -0.1) is 0 Å². The highest BCUT2D eigenvalue weighted by molar-refractivity contribution is 5.78. The number of nitrogens with zero attached hydrogens (tertiary/aromatic N) is 1. The van der Waals surface area contributed by atoms with Crippen LogP contribution in [0, 0.1) is 11.8 Å². The summed E-state index contributed by atoms with van der Waals surface area (Å²) in [4.78, 5) is 13.2. The summed E-state index contributed by atoms with van der Waals surface area (Å²) < 4.78 is 0. The molecule has 0 saturated heterocycles. The topological polar surface area (TPSA) is 46.3 Å². The van der Waals surface area contributed by atoms with Gasteiger partial charge in [-0.25, -0.2) is 0 Å². The minimum absolute atomic E-state index is 0.0987. The maximum atomic E-state index is 11.5. The lowest BCUT2D eigenvalue weighted by atomic mass is 9.97. The van der Waals surface area contributed by atoms with Gasteiger partial charge in [0.1, 0.15) is 0 Å². The molecule has 0 heterocycles. The lowest BCUT2D eigenvalue weighted by Crippen LogP contribution is -2.37. The summed E-state index contributed by atoms with van der Waals surface area (Å²) in [5.41, 5.74) is 5.35. The van der Waals surface area contributed by atoms with Gasteiger partial charge in [-0.1, -0.05) is 20.8 Å². The van der Waals surface area contributed by atoms with E-state index in [4.69, 9.17) is 5.73 Å². The quantitative estimate of drug-likeness (QED) is 0.678. The van der Waals surface area contributed by atoms with Gasteiger partial charge in [-0.2, -0.15) is 0 Å². The number of hydrogen-bond donors (Lipinski definition) is 1. The highest BCUT2D eigenvalue weighted by atomic mass is 16.2. The summed E-state index contributed by atoms with van der Waals surface area (Å²) in [7, 11) is 1.80. The Morgan fingerprint density at radius 1 is 1.42 bits per heavy atom. The molecule has 1 atom stereocenters. The standard InChI is InChI=1S/C9H20N2O/c1-7(2)8(3)9(12)11(4)6-5-10/h7-8H,5-6,10H2,1-4H3. The molecule has 0 aliphatic heterocycles. The van der Waals surface area contributed by atoms with Crippen molar-refractivity contribution in [1.29, 1.82) is 0 Å². The van der Waals surface area contributed by atoms with Crippen molar-refractivity contribution in [2.24, 2.45) is 17.6 Å². The van der Waals surface area contributed by atoms with Crippen LogP contribution in [0.5, 0.6) is 0 Å². The van der Waals surface area contributed by atoms with Gasteiger partial charge in [0.05, 0.1) is 0 Å². The van der Waals surface area contributed by atoms with Gasteiger partial charge < -0.3 is 10.6 Å². The minimum Gasteiger partial charge on any atom is -0.344 e. The second-order valence-corrected chi connectivity index (χ2v) is 3.58. The van der Waals surface area contributed by atoms with E-state index in [1.165, 1.54) is 0 Å². The van der Waals surface area contributed by atoms with Crippen LogP contribution in [0.3, 0.4) is 0 Å². The molecule has 1 unspecified atom stereocenters. The van der Waals surface area contributed by atoms with E-state index in [0.29, 0.717) is 19.0 Å². The minimum atomic E-state index is 0.0987. The van der Waals surface area contributed by atoms with E-state index < -0.39 is 0 Å². The molecule has 3 heteroatoms. The first-order valence-electron chi connectivity index (χ1n) is 4.45. The maximum Gasteiger partial charge on any atom is 0.225 e. The van der Waals surface area contributed by atoms with Gasteiger partial charge in [-0.3, -0.25) is 4.79 Å². The van der Waals surface area contributed by atoms with Crippen molar-refractivity contribution in [2.45, 2.75) is 20.8 Å². The average molecular weight is 172 g/mol. The molecule has 0 aliphatic rings. The van der Waals surface area contributed by atoms with Crippen LogP contribution in [0.1, 0.15) is 20.8 Å². The maximum absolute atomic E-state index is 11.5. The van der Waals surface area contributed by atoms with Gasteiger partial charge in [-0.05, 0) is 5.92 Å². The Kier molecular flexibility index (Phi) is 4.90. The van der Waals surface area contributed by atoms with E-state index >= 15 is 0 Å². The molecule has 1 amide bonds. The van der Waals surface area contributed by atoms with Crippen molar-refractivity contribution in [1.82, 2.24) is 4.90 Å². The molecule has 0 aromatic heterocycles. The first-order chi connectivity index (χ1) is 5.50. The van der Waals surface area contributed by atoms with Crippen LogP contribution >= 0.6 is 0 Å². The van der Waals surface area contributed by atoms with Crippen molar-refractivity contribution in [2.75, 3.05) is 20.1 Å². The van der Waals surface area contributed by atoms with Gasteiger partial charge >= 0.3 is 0 Å². The fourth-order valence-electron chi connectivity index (χ4n) is 0.937. The molecule has 0 aromatic rings. The van der Waals surface area contributed by atoms with Crippen molar-refractivity contribution in [3.05, 3.63) is 0 Å². The van der Waals surface area contributed by atoms with Crippen molar-refractivity contribution in [3.8, 4) is 0 Å². The monoisotopic (exact) mass is 172 g/mol. The largest absolute Gasteiger partial charge is 0.344 e. The van der Waals surface area contributed by atoms with Crippen LogP contribution in [-0.4, -0.2) is 30.9 Å². The molecule has 72 valence electrons. The van der Waals surface area contributed by atoms with E-state index in [1.54, 1.807) is 11.9 Å². The molecule has 0 bridgehead atoms. The zero-order chi connectivity index (χ0) is 9.72. The first-order valence-corrected chi connectivity index (χ1v) is 4.45. The Morgan fingerprint density at radius 3 is 2.25 bits per heavy atom. The fraction of sp³-hybridized carbons (Fsp3) is 0.889. The first kappa shape index (κ1) is 11.4. The number of rotatable bonds is 4. The van der Waals surface area contributed by atoms with Crippen molar-refractivity contribution < 1.29 is 4.79 Å². The smallest absolute Gasteiger partial charge is 0.225 e. The summed E-state index contributed by atoms with van der Waals surface area (Å²) in [5, 5.41) is 0. The zero-order valence-corrected chi connectivity index (χ0v) is 8.50. The van der Waals surface area contributed by atoms with Crippen LogP contribution in [0.25, 0.3) is 0 Å². The third-order valence-electron chi connectivity index (χ3n) is 2.23. The van der Waals surface area contributed by atoms with Gasteiger partial charge in [0.25, 0.3) is 0 Å². The molecule has 2 N–H and O–H groups in total. The molecule has 3 nitrogen and oxygen atoms in total. The summed E-state index contributed by atoms with van der Waals surface area (Å²) in [5.74, 6) is 0.690. The summed E-state index contributed by atoms with van der Waals surface area (Å²) >= 11 is 0. The van der Waals surface area contributed by atoms with Crippen LogP contribution in [0.4, 0.5) is 0 Å². The lowest BCUT2D eigenvalue weighted by molar-refractivity contribution is -0.134. The third kappa shape index (κ3) is 3.22. The number of likely N-dealkylation sites (N-methyl/N-ethyl adjacent to an activating group) is 1. The zero-order valence-electron chi connectivity index (χ0n) is 8.50. The Hall–Kier alpha value is -0.570. The highest BCUT2D eigenvalue weighted by Crippen LogP contribution is 2.11. The third-order valence-corrected chi connectivity index (χ3v) is 2.23. The molecular weight excluding hydrogens is 152 g/mol. The highest BCUT2D eigenvalue weighted by Gasteiger charge is 2.19. The summed E-state index contributed by atoms with van der Waals surface area (Å²) in [6.45, 7) is 7.25. The second kappa shape index (κ2) is 5.14. The van der Waals surface area contributed by atoms with E-state index in [1.807, 2.05) is 6.92 Å². The van der Waals surface area contributed by atoms with Gasteiger partial charge in [0.15, 0.2) is 0 Å². The fourth-order valence-corrected chi connectivity index (χ4v) is 0.937. The van der Waals surface area contributed by atoms with E-state index in [2.05, 4.69) is 13.8 Å². The Bertz CT molecular complexity index is 145. The average Bonchev–Trinajstić information content (AvgIpc) is 2.02. The Morgan fingerprint density at radius 2 is 1.92 bits per heavy atom. The molecule has 12 heavy (non-hydrogen) atoms. The summed E-state index contributed by atoms with van der Waals surface area (Å²) in [6.07, 6.45) is 0. The molecular formula is C9H20N2O. The molecule has 0 rings (SSSR count). The van der Waals surface area contributed by atoms with Gasteiger partial charge in [0, 0.05) is 26.1 Å². The molecule has 0 spiro atoms. The van der Waals surface area contributed by atoms with Crippen LogP contribution in [0.2, 0.25) is 0 Å².